The quantitative estimate of drug-likeness (QED) is 0.806. The zero-order valence-corrected chi connectivity index (χ0v) is 9.14. The van der Waals surface area contributed by atoms with Gasteiger partial charge in [-0.1, -0.05) is 0 Å². The molecule has 0 aliphatic carbocycles. The first-order valence-corrected chi connectivity index (χ1v) is 5.01. The molecule has 2 aromatic rings. The van der Waals surface area contributed by atoms with Crippen molar-refractivity contribution in [3.8, 4) is 11.1 Å². The molecule has 2 aromatic heterocycles. The van der Waals surface area contributed by atoms with E-state index in [1.54, 1.807) is 24.4 Å². The molecule has 4 nitrogen and oxygen atoms in total. The number of carbonyl (C=O) groups is 1. The van der Waals surface area contributed by atoms with Crippen molar-refractivity contribution < 1.29 is 9.18 Å². The summed E-state index contributed by atoms with van der Waals surface area (Å²) in [5.41, 5.74) is 1.58. The van der Waals surface area contributed by atoms with E-state index >= 15 is 0 Å². The molecule has 1 amide bonds. The molecule has 2 heterocycles. The third-order valence-electron chi connectivity index (χ3n) is 2.13. The molecule has 17 heavy (non-hydrogen) atoms. The summed E-state index contributed by atoms with van der Waals surface area (Å²) in [4.78, 5) is 18.4. The molecular weight excluding hydrogens is 221 g/mol. The van der Waals surface area contributed by atoms with Gasteiger partial charge < -0.3 is 5.32 Å². The van der Waals surface area contributed by atoms with Crippen molar-refractivity contribution in [1.82, 2.24) is 9.97 Å². The summed E-state index contributed by atoms with van der Waals surface area (Å²) in [7, 11) is 0. The van der Waals surface area contributed by atoms with Crippen molar-refractivity contribution >= 4 is 11.7 Å². The molecule has 0 saturated carbocycles. The van der Waals surface area contributed by atoms with Crippen LogP contribution in [0.5, 0.6) is 0 Å². The lowest BCUT2D eigenvalue weighted by Gasteiger charge is -2.03. The summed E-state index contributed by atoms with van der Waals surface area (Å²) in [6, 6.07) is 6.38. The first-order valence-electron chi connectivity index (χ1n) is 5.01. The van der Waals surface area contributed by atoms with Gasteiger partial charge in [-0.3, -0.25) is 4.79 Å². The Morgan fingerprint density at radius 3 is 2.24 bits per heavy atom. The van der Waals surface area contributed by atoms with Crippen LogP contribution in [0.25, 0.3) is 11.1 Å². The van der Waals surface area contributed by atoms with Gasteiger partial charge in [0.15, 0.2) is 0 Å². The van der Waals surface area contributed by atoms with Crippen LogP contribution < -0.4 is 5.32 Å². The van der Waals surface area contributed by atoms with Crippen molar-refractivity contribution in [2.75, 3.05) is 5.32 Å². The van der Waals surface area contributed by atoms with Crippen molar-refractivity contribution in [1.29, 1.82) is 0 Å². The fourth-order valence-corrected chi connectivity index (χ4v) is 1.37. The predicted octanol–water partition coefficient (Wildman–Crippen LogP) is 2.24. The molecule has 2 rings (SSSR count). The van der Waals surface area contributed by atoms with Crippen LogP contribution in [0.1, 0.15) is 6.92 Å². The van der Waals surface area contributed by atoms with Gasteiger partial charge >= 0.3 is 0 Å². The lowest BCUT2D eigenvalue weighted by Crippen LogP contribution is -2.06. The SMILES string of the molecule is CC(=O)Nc1ccc(-c2ccc(F)nc2)cn1. The number of nitrogens with zero attached hydrogens (tertiary/aromatic N) is 2. The van der Waals surface area contributed by atoms with Crippen LogP contribution in [0.15, 0.2) is 36.7 Å². The number of nitrogens with one attached hydrogen (secondary N) is 1. The molecule has 0 bridgehead atoms. The molecule has 5 heteroatoms. The van der Waals surface area contributed by atoms with E-state index in [4.69, 9.17) is 0 Å². The van der Waals surface area contributed by atoms with Gasteiger partial charge in [-0.15, -0.1) is 0 Å². The Labute approximate surface area is 97.5 Å². The summed E-state index contributed by atoms with van der Waals surface area (Å²) in [5.74, 6) is -0.207. The first kappa shape index (κ1) is 11.2. The van der Waals surface area contributed by atoms with Gasteiger partial charge in [0.05, 0.1) is 0 Å². The average molecular weight is 231 g/mol. The lowest BCUT2D eigenvalue weighted by molar-refractivity contribution is -0.114. The maximum Gasteiger partial charge on any atom is 0.222 e. The fraction of sp³-hybridized carbons (Fsp3) is 0.0833. The summed E-state index contributed by atoms with van der Waals surface area (Å²) in [6.45, 7) is 1.42. The number of rotatable bonds is 2. The van der Waals surface area contributed by atoms with Gasteiger partial charge in [-0.05, 0) is 24.3 Å². The number of halogens is 1. The highest BCUT2D eigenvalue weighted by Gasteiger charge is 2.01. The van der Waals surface area contributed by atoms with Gasteiger partial charge in [0, 0.05) is 30.4 Å². The van der Waals surface area contributed by atoms with E-state index in [2.05, 4.69) is 15.3 Å². The fourth-order valence-electron chi connectivity index (χ4n) is 1.37. The minimum atomic E-state index is -0.517. The smallest absolute Gasteiger partial charge is 0.222 e. The average Bonchev–Trinajstić information content (AvgIpc) is 2.30. The van der Waals surface area contributed by atoms with Crippen molar-refractivity contribution in [2.45, 2.75) is 6.92 Å². The molecule has 0 saturated heterocycles. The maximum atomic E-state index is 12.6. The van der Waals surface area contributed by atoms with Crippen LogP contribution in [-0.4, -0.2) is 15.9 Å². The zero-order chi connectivity index (χ0) is 12.3. The summed E-state index contributed by atoms with van der Waals surface area (Å²) < 4.78 is 12.6. The number of pyridine rings is 2. The Morgan fingerprint density at radius 1 is 1.12 bits per heavy atom. The molecule has 0 radical (unpaired) electrons. The number of hydrogen-bond donors (Lipinski definition) is 1. The first-order chi connectivity index (χ1) is 8.15. The highest BCUT2D eigenvalue weighted by atomic mass is 19.1. The topological polar surface area (TPSA) is 54.9 Å². The molecule has 0 atom stereocenters. The van der Waals surface area contributed by atoms with E-state index in [0.29, 0.717) is 5.82 Å². The molecule has 0 fully saturated rings. The zero-order valence-electron chi connectivity index (χ0n) is 9.14. The van der Waals surface area contributed by atoms with Crippen LogP contribution in [0.2, 0.25) is 0 Å². The van der Waals surface area contributed by atoms with Crippen LogP contribution >= 0.6 is 0 Å². The molecule has 0 aliphatic heterocycles. The van der Waals surface area contributed by atoms with Crippen LogP contribution in [-0.2, 0) is 4.79 Å². The second kappa shape index (κ2) is 4.69. The largest absolute Gasteiger partial charge is 0.311 e. The minimum absolute atomic E-state index is 0.173. The number of anilines is 1. The van der Waals surface area contributed by atoms with Gasteiger partial charge in [0.2, 0.25) is 11.9 Å². The minimum Gasteiger partial charge on any atom is -0.311 e. The Bertz CT molecular complexity index is 522. The summed E-state index contributed by atoms with van der Waals surface area (Å²) in [5, 5.41) is 2.57. The third-order valence-corrected chi connectivity index (χ3v) is 2.13. The van der Waals surface area contributed by atoms with Gasteiger partial charge in [-0.25, -0.2) is 9.97 Å². The van der Waals surface area contributed by atoms with Gasteiger partial charge in [0.25, 0.3) is 0 Å². The highest BCUT2D eigenvalue weighted by molar-refractivity contribution is 5.87. The molecule has 1 N–H and O–H groups in total. The Balaban J connectivity index is 2.23. The molecule has 0 aromatic carbocycles. The number of carbonyl (C=O) groups excluding carboxylic acids is 1. The third kappa shape index (κ3) is 2.84. The molecule has 86 valence electrons. The van der Waals surface area contributed by atoms with Gasteiger partial charge in [0.1, 0.15) is 5.82 Å². The Morgan fingerprint density at radius 2 is 1.76 bits per heavy atom. The maximum absolute atomic E-state index is 12.6. The second-order valence-corrected chi connectivity index (χ2v) is 3.48. The molecule has 0 unspecified atom stereocenters. The normalized spacial score (nSPS) is 10.0. The van der Waals surface area contributed by atoms with Crippen molar-refractivity contribution in [2.24, 2.45) is 0 Å². The van der Waals surface area contributed by atoms with Crippen molar-refractivity contribution in [3.05, 3.63) is 42.6 Å². The van der Waals surface area contributed by atoms with Crippen molar-refractivity contribution in [3.63, 3.8) is 0 Å². The van der Waals surface area contributed by atoms with Gasteiger partial charge in [-0.2, -0.15) is 4.39 Å². The van der Waals surface area contributed by atoms with Crippen LogP contribution in [0.4, 0.5) is 10.2 Å². The molecular formula is C12H10FN3O. The lowest BCUT2D eigenvalue weighted by atomic mass is 10.1. The predicted molar refractivity (Wildman–Crippen MR) is 61.7 cm³/mol. The number of hydrogen-bond acceptors (Lipinski definition) is 3. The van der Waals surface area contributed by atoms with E-state index in [1.165, 1.54) is 19.2 Å². The number of amides is 1. The van der Waals surface area contributed by atoms with E-state index in [9.17, 15) is 9.18 Å². The number of aromatic nitrogens is 2. The Kier molecular flexibility index (Phi) is 3.09. The van der Waals surface area contributed by atoms with Crippen LogP contribution in [0, 0.1) is 5.95 Å². The van der Waals surface area contributed by atoms with E-state index in [0.717, 1.165) is 11.1 Å². The van der Waals surface area contributed by atoms with E-state index in [1.807, 2.05) is 0 Å². The van der Waals surface area contributed by atoms with Crippen LogP contribution in [0.3, 0.4) is 0 Å². The van der Waals surface area contributed by atoms with E-state index in [-0.39, 0.29) is 5.91 Å². The molecule has 0 spiro atoms. The summed E-state index contributed by atoms with van der Waals surface area (Å²) in [6.07, 6.45) is 3.03. The van der Waals surface area contributed by atoms with E-state index < -0.39 is 5.95 Å². The Hall–Kier alpha value is -2.30. The standard InChI is InChI=1S/C12H10FN3O/c1-8(17)16-12-5-3-10(7-15-12)9-2-4-11(13)14-6-9/h2-7H,1H3,(H,15,16,17). The molecule has 0 aliphatic rings. The summed E-state index contributed by atoms with van der Waals surface area (Å²) >= 11 is 0. The monoisotopic (exact) mass is 231 g/mol. The second-order valence-electron chi connectivity index (χ2n) is 3.48. The highest BCUT2D eigenvalue weighted by Crippen LogP contribution is 2.18.